The Morgan fingerprint density at radius 3 is 2.78 bits per heavy atom. The van der Waals surface area contributed by atoms with Crippen molar-refractivity contribution in [1.82, 2.24) is 5.16 Å². The minimum Gasteiger partial charge on any atom is -0.484 e. The lowest BCUT2D eigenvalue weighted by Crippen LogP contribution is -2.19. The number of benzene rings is 1. The summed E-state index contributed by atoms with van der Waals surface area (Å²) < 4.78 is 10.1. The van der Waals surface area contributed by atoms with E-state index in [1.807, 2.05) is 0 Å². The molecule has 1 aromatic heterocycles. The van der Waals surface area contributed by atoms with Gasteiger partial charge in [0, 0.05) is 11.1 Å². The summed E-state index contributed by atoms with van der Waals surface area (Å²) in [7, 11) is 0. The average molecular weight is 267 g/mol. The largest absolute Gasteiger partial charge is 0.484 e. The second-order valence-electron chi connectivity index (χ2n) is 3.62. The summed E-state index contributed by atoms with van der Waals surface area (Å²) in [5, 5.41) is 6.79. The number of nitrogens with one attached hydrogen (secondary N) is 1. The molecule has 2 rings (SSSR count). The van der Waals surface area contributed by atoms with E-state index >= 15 is 0 Å². The zero-order chi connectivity index (χ0) is 13.0. The van der Waals surface area contributed by atoms with E-state index in [-0.39, 0.29) is 12.5 Å². The fourth-order valence-corrected chi connectivity index (χ4v) is 1.40. The smallest absolute Gasteiger partial charge is 0.264 e. The van der Waals surface area contributed by atoms with Crippen molar-refractivity contribution >= 4 is 23.4 Å². The van der Waals surface area contributed by atoms with Gasteiger partial charge in [0.1, 0.15) is 5.75 Å². The van der Waals surface area contributed by atoms with Crippen molar-refractivity contribution in [3.8, 4) is 5.75 Å². The lowest BCUT2D eigenvalue weighted by atomic mass is 10.3. The maximum atomic E-state index is 11.5. The number of halogens is 1. The monoisotopic (exact) mass is 266 g/mol. The first kappa shape index (κ1) is 12.4. The highest BCUT2D eigenvalue weighted by Crippen LogP contribution is 2.15. The van der Waals surface area contributed by atoms with Gasteiger partial charge in [-0.15, -0.1) is 0 Å². The van der Waals surface area contributed by atoms with E-state index in [4.69, 9.17) is 20.9 Å². The van der Waals surface area contributed by atoms with Crippen LogP contribution < -0.4 is 10.1 Å². The number of ether oxygens (including phenoxy) is 1. The standard InChI is InChI=1S/C12H11ClN2O3/c1-8-6-12(18-15-8)14-11(16)7-17-10-4-2-9(13)3-5-10/h2-6H,7H2,1H3,(H,14,16). The summed E-state index contributed by atoms with van der Waals surface area (Å²) in [6.07, 6.45) is 0. The third kappa shape index (κ3) is 3.49. The number of carbonyl (C=O) groups is 1. The zero-order valence-electron chi connectivity index (χ0n) is 9.64. The molecule has 6 heteroatoms. The first-order chi connectivity index (χ1) is 8.63. The van der Waals surface area contributed by atoms with E-state index < -0.39 is 0 Å². The van der Waals surface area contributed by atoms with Crippen LogP contribution in [0.5, 0.6) is 5.75 Å². The minimum absolute atomic E-state index is 0.110. The molecular weight excluding hydrogens is 256 g/mol. The van der Waals surface area contributed by atoms with Crippen molar-refractivity contribution in [3.63, 3.8) is 0 Å². The molecule has 0 atom stereocenters. The van der Waals surface area contributed by atoms with Gasteiger partial charge < -0.3 is 9.26 Å². The molecule has 0 radical (unpaired) electrons. The number of anilines is 1. The van der Waals surface area contributed by atoms with Crippen LogP contribution in [0.1, 0.15) is 5.69 Å². The molecule has 0 aliphatic heterocycles. The number of amides is 1. The summed E-state index contributed by atoms with van der Waals surface area (Å²) in [6.45, 7) is 1.66. The molecule has 1 N–H and O–H groups in total. The number of hydrogen-bond donors (Lipinski definition) is 1. The summed E-state index contributed by atoms with van der Waals surface area (Å²) in [5.41, 5.74) is 0.698. The number of hydrogen-bond acceptors (Lipinski definition) is 4. The topological polar surface area (TPSA) is 64.4 Å². The molecule has 0 spiro atoms. The number of carbonyl (C=O) groups excluding carboxylic acids is 1. The molecule has 0 saturated heterocycles. The summed E-state index contributed by atoms with van der Waals surface area (Å²) in [4.78, 5) is 11.5. The highest BCUT2D eigenvalue weighted by atomic mass is 35.5. The SMILES string of the molecule is Cc1cc(NC(=O)COc2ccc(Cl)cc2)on1. The molecule has 2 aromatic rings. The highest BCUT2D eigenvalue weighted by Gasteiger charge is 2.07. The van der Waals surface area contributed by atoms with Gasteiger partial charge in [-0.25, -0.2) is 0 Å². The van der Waals surface area contributed by atoms with Crippen molar-refractivity contribution in [2.24, 2.45) is 0 Å². The molecular formula is C12H11ClN2O3. The molecule has 18 heavy (non-hydrogen) atoms. The summed E-state index contributed by atoms with van der Waals surface area (Å²) in [5.74, 6) is 0.557. The molecule has 0 aliphatic carbocycles. The fraction of sp³-hybridized carbons (Fsp3) is 0.167. The Labute approximate surface area is 109 Å². The Hall–Kier alpha value is -2.01. The van der Waals surface area contributed by atoms with Gasteiger partial charge in [0.15, 0.2) is 6.61 Å². The van der Waals surface area contributed by atoms with Crippen LogP contribution in [0, 0.1) is 6.92 Å². The van der Waals surface area contributed by atoms with E-state index in [2.05, 4.69) is 10.5 Å². The molecule has 5 nitrogen and oxygen atoms in total. The highest BCUT2D eigenvalue weighted by molar-refractivity contribution is 6.30. The minimum atomic E-state index is -0.318. The van der Waals surface area contributed by atoms with E-state index in [0.29, 0.717) is 22.4 Å². The second-order valence-corrected chi connectivity index (χ2v) is 4.06. The van der Waals surface area contributed by atoms with E-state index in [1.165, 1.54) is 0 Å². The summed E-state index contributed by atoms with van der Waals surface area (Å²) in [6, 6.07) is 8.38. The third-order valence-electron chi connectivity index (χ3n) is 2.07. The first-order valence-corrected chi connectivity index (χ1v) is 5.63. The van der Waals surface area contributed by atoms with Crippen LogP contribution >= 0.6 is 11.6 Å². The van der Waals surface area contributed by atoms with Crippen molar-refractivity contribution in [2.75, 3.05) is 11.9 Å². The Bertz CT molecular complexity index is 537. The molecule has 0 aliphatic rings. The Morgan fingerprint density at radius 2 is 2.17 bits per heavy atom. The lowest BCUT2D eigenvalue weighted by Gasteiger charge is -2.05. The maximum absolute atomic E-state index is 11.5. The van der Waals surface area contributed by atoms with E-state index in [0.717, 1.165) is 0 Å². The summed E-state index contributed by atoms with van der Waals surface area (Å²) >= 11 is 5.73. The van der Waals surface area contributed by atoms with Gasteiger partial charge in [-0.1, -0.05) is 16.8 Å². The molecule has 0 unspecified atom stereocenters. The van der Waals surface area contributed by atoms with Gasteiger partial charge >= 0.3 is 0 Å². The van der Waals surface area contributed by atoms with Gasteiger partial charge in [-0.2, -0.15) is 0 Å². The van der Waals surface area contributed by atoms with Crippen molar-refractivity contribution < 1.29 is 14.1 Å². The van der Waals surface area contributed by atoms with Gasteiger partial charge in [0.25, 0.3) is 5.91 Å². The van der Waals surface area contributed by atoms with E-state index in [1.54, 1.807) is 37.3 Å². The Kier molecular flexibility index (Phi) is 3.84. The average Bonchev–Trinajstić information content (AvgIpc) is 2.74. The number of nitrogens with zero attached hydrogens (tertiary/aromatic N) is 1. The quantitative estimate of drug-likeness (QED) is 0.924. The molecule has 1 aromatic carbocycles. The van der Waals surface area contributed by atoms with Gasteiger partial charge in [0.2, 0.25) is 5.88 Å². The van der Waals surface area contributed by atoms with Gasteiger partial charge in [0.05, 0.1) is 5.69 Å². The number of rotatable bonds is 4. The normalized spacial score (nSPS) is 10.1. The predicted molar refractivity (Wildman–Crippen MR) is 66.8 cm³/mol. The van der Waals surface area contributed by atoms with Crippen molar-refractivity contribution in [3.05, 3.63) is 41.0 Å². The van der Waals surface area contributed by atoms with E-state index in [9.17, 15) is 4.79 Å². The maximum Gasteiger partial charge on any atom is 0.264 e. The molecule has 94 valence electrons. The second kappa shape index (κ2) is 5.55. The third-order valence-corrected chi connectivity index (χ3v) is 2.33. The molecule has 1 heterocycles. The molecule has 0 fully saturated rings. The number of aromatic nitrogens is 1. The van der Waals surface area contributed by atoms with Crippen LogP contribution in [-0.2, 0) is 4.79 Å². The van der Waals surface area contributed by atoms with Crippen LogP contribution in [0.3, 0.4) is 0 Å². The van der Waals surface area contributed by atoms with Gasteiger partial charge in [-0.3, -0.25) is 10.1 Å². The first-order valence-electron chi connectivity index (χ1n) is 5.25. The fourth-order valence-electron chi connectivity index (χ4n) is 1.28. The zero-order valence-corrected chi connectivity index (χ0v) is 10.4. The van der Waals surface area contributed by atoms with Crippen LogP contribution in [-0.4, -0.2) is 17.7 Å². The van der Waals surface area contributed by atoms with Gasteiger partial charge in [-0.05, 0) is 31.2 Å². The number of aryl methyl sites for hydroxylation is 1. The van der Waals surface area contributed by atoms with Crippen LogP contribution in [0.15, 0.2) is 34.9 Å². The Morgan fingerprint density at radius 1 is 1.44 bits per heavy atom. The Balaban J connectivity index is 1.83. The van der Waals surface area contributed by atoms with Crippen LogP contribution in [0.25, 0.3) is 0 Å². The predicted octanol–water partition coefficient (Wildman–Crippen LogP) is 2.65. The van der Waals surface area contributed by atoms with Crippen LogP contribution in [0.2, 0.25) is 5.02 Å². The van der Waals surface area contributed by atoms with Crippen LogP contribution in [0.4, 0.5) is 5.88 Å². The molecule has 1 amide bonds. The van der Waals surface area contributed by atoms with Crippen molar-refractivity contribution in [2.45, 2.75) is 6.92 Å². The molecule has 0 saturated carbocycles. The van der Waals surface area contributed by atoms with Crippen molar-refractivity contribution in [1.29, 1.82) is 0 Å². The lowest BCUT2D eigenvalue weighted by molar-refractivity contribution is -0.118. The molecule has 0 bridgehead atoms.